The Hall–Kier alpha value is -1.06. The minimum Gasteiger partial charge on any atom is -0.508 e. The summed E-state index contributed by atoms with van der Waals surface area (Å²) in [5.74, 6) is 0.349. The first-order valence-electron chi connectivity index (χ1n) is 6.06. The Morgan fingerprint density at radius 2 is 2.00 bits per heavy atom. The van der Waals surface area contributed by atoms with Crippen LogP contribution in [0.2, 0.25) is 0 Å². The van der Waals surface area contributed by atoms with Gasteiger partial charge in [0.2, 0.25) is 0 Å². The summed E-state index contributed by atoms with van der Waals surface area (Å²) < 4.78 is 5.37. The number of ether oxygens (including phenoxy) is 1. The molecule has 0 heterocycles. The summed E-state index contributed by atoms with van der Waals surface area (Å²) in [6.07, 6.45) is 0.928. The Morgan fingerprint density at radius 3 is 2.53 bits per heavy atom. The predicted molar refractivity (Wildman–Crippen MR) is 70.2 cm³/mol. The van der Waals surface area contributed by atoms with Gasteiger partial charge >= 0.3 is 0 Å². The number of hydrogen-bond donors (Lipinski definition) is 2. The molecular formula is C14H23NO2. The Balaban J connectivity index is 2.70. The van der Waals surface area contributed by atoms with E-state index in [1.54, 1.807) is 13.2 Å². The number of methoxy groups -OCH3 is 1. The summed E-state index contributed by atoms with van der Waals surface area (Å²) in [4.78, 5) is 0. The number of rotatable bonds is 6. The van der Waals surface area contributed by atoms with E-state index in [0.29, 0.717) is 5.75 Å². The fraction of sp³-hybridized carbons (Fsp3) is 0.571. The molecule has 96 valence electrons. The number of aromatic hydroxyl groups is 1. The van der Waals surface area contributed by atoms with Crippen LogP contribution in [0.3, 0.4) is 0 Å². The van der Waals surface area contributed by atoms with Crippen molar-refractivity contribution in [1.29, 1.82) is 0 Å². The van der Waals surface area contributed by atoms with Crippen LogP contribution < -0.4 is 5.32 Å². The zero-order valence-electron chi connectivity index (χ0n) is 11.2. The lowest BCUT2D eigenvalue weighted by atomic mass is 10.0. The van der Waals surface area contributed by atoms with Gasteiger partial charge in [-0.25, -0.2) is 0 Å². The molecule has 1 rings (SSSR count). The van der Waals surface area contributed by atoms with Gasteiger partial charge < -0.3 is 15.2 Å². The van der Waals surface area contributed by atoms with Crippen LogP contribution in [0.4, 0.5) is 0 Å². The van der Waals surface area contributed by atoms with Crippen LogP contribution in [0.5, 0.6) is 5.75 Å². The van der Waals surface area contributed by atoms with Crippen LogP contribution in [-0.2, 0) is 4.74 Å². The molecule has 0 saturated carbocycles. The molecule has 0 amide bonds. The van der Waals surface area contributed by atoms with E-state index in [1.807, 2.05) is 32.0 Å². The number of benzene rings is 1. The molecule has 3 heteroatoms. The average molecular weight is 237 g/mol. The Kier molecular flexibility index (Phi) is 4.97. The molecule has 0 saturated heterocycles. The Morgan fingerprint density at radius 1 is 1.35 bits per heavy atom. The zero-order chi connectivity index (χ0) is 12.9. The van der Waals surface area contributed by atoms with Crippen molar-refractivity contribution >= 4 is 0 Å². The van der Waals surface area contributed by atoms with Crippen molar-refractivity contribution in [1.82, 2.24) is 5.32 Å². The lowest BCUT2D eigenvalue weighted by Gasteiger charge is -2.27. The van der Waals surface area contributed by atoms with E-state index in [0.717, 1.165) is 18.5 Å². The van der Waals surface area contributed by atoms with E-state index in [-0.39, 0.29) is 11.6 Å². The monoisotopic (exact) mass is 237 g/mol. The van der Waals surface area contributed by atoms with Gasteiger partial charge in [0, 0.05) is 25.3 Å². The number of hydrogen-bond acceptors (Lipinski definition) is 3. The minimum atomic E-state index is -0.197. The first kappa shape index (κ1) is 14.0. The molecule has 0 fully saturated rings. The molecule has 1 aromatic carbocycles. The summed E-state index contributed by atoms with van der Waals surface area (Å²) in [6, 6.07) is 7.62. The molecule has 0 aromatic heterocycles. The Labute approximate surface area is 104 Å². The highest BCUT2D eigenvalue weighted by Crippen LogP contribution is 2.26. The third kappa shape index (κ3) is 4.02. The lowest BCUT2D eigenvalue weighted by Crippen LogP contribution is -2.38. The third-order valence-corrected chi connectivity index (χ3v) is 3.05. The second kappa shape index (κ2) is 6.03. The SMILES string of the molecule is CCC(NCC(C)(C)OC)c1ccccc1O. The van der Waals surface area contributed by atoms with Crippen LogP contribution in [-0.4, -0.2) is 24.4 Å². The number of nitrogens with one attached hydrogen (secondary N) is 1. The molecule has 0 aliphatic heterocycles. The van der Waals surface area contributed by atoms with Crippen LogP contribution >= 0.6 is 0 Å². The van der Waals surface area contributed by atoms with Gasteiger partial charge in [0.1, 0.15) is 5.75 Å². The molecule has 1 aromatic rings. The topological polar surface area (TPSA) is 41.5 Å². The van der Waals surface area contributed by atoms with Gasteiger partial charge in [0.25, 0.3) is 0 Å². The van der Waals surface area contributed by atoms with Crippen molar-refractivity contribution in [3.05, 3.63) is 29.8 Å². The molecule has 0 spiro atoms. The smallest absolute Gasteiger partial charge is 0.120 e. The molecular weight excluding hydrogens is 214 g/mol. The number of phenols is 1. The third-order valence-electron chi connectivity index (χ3n) is 3.05. The first-order chi connectivity index (χ1) is 8.00. The first-order valence-corrected chi connectivity index (χ1v) is 6.06. The van der Waals surface area contributed by atoms with Crippen molar-refractivity contribution < 1.29 is 9.84 Å². The summed E-state index contributed by atoms with van der Waals surface area (Å²) >= 11 is 0. The van der Waals surface area contributed by atoms with Gasteiger partial charge in [-0.1, -0.05) is 25.1 Å². The maximum absolute atomic E-state index is 9.83. The van der Waals surface area contributed by atoms with E-state index in [1.165, 1.54) is 0 Å². The maximum atomic E-state index is 9.83. The fourth-order valence-corrected chi connectivity index (χ4v) is 1.70. The molecule has 3 nitrogen and oxygen atoms in total. The maximum Gasteiger partial charge on any atom is 0.120 e. The summed E-state index contributed by atoms with van der Waals surface area (Å²) in [5.41, 5.74) is 0.750. The highest BCUT2D eigenvalue weighted by atomic mass is 16.5. The highest BCUT2D eigenvalue weighted by molar-refractivity contribution is 5.34. The van der Waals surface area contributed by atoms with Crippen LogP contribution in [0.1, 0.15) is 38.8 Å². The van der Waals surface area contributed by atoms with E-state index in [9.17, 15) is 5.11 Å². The largest absolute Gasteiger partial charge is 0.508 e. The van der Waals surface area contributed by atoms with Crippen molar-refractivity contribution in [3.8, 4) is 5.75 Å². The number of phenolic OH excluding ortho intramolecular Hbond substituents is 1. The molecule has 1 unspecified atom stereocenters. The summed E-state index contributed by atoms with van der Waals surface area (Å²) in [5, 5.41) is 13.3. The van der Waals surface area contributed by atoms with Crippen LogP contribution in [0.25, 0.3) is 0 Å². The van der Waals surface area contributed by atoms with Gasteiger partial charge in [0.15, 0.2) is 0 Å². The lowest BCUT2D eigenvalue weighted by molar-refractivity contribution is 0.0208. The fourth-order valence-electron chi connectivity index (χ4n) is 1.70. The summed E-state index contributed by atoms with van der Waals surface area (Å²) in [6.45, 7) is 6.93. The normalized spacial score (nSPS) is 13.6. The van der Waals surface area contributed by atoms with Crippen molar-refractivity contribution in [2.75, 3.05) is 13.7 Å². The second-order valence-corrected chi connectivity index (χ2v) is 4.86. The van der Waals surface area contributed by atoms with Gasteiger partial charge in [-0.2, -0.15) is 0 Å². The molecule has 0 aliphatic carbocycles. The van der Waals surface area contributed by atoms with Crippen LogP contribution in [0, 0.1) is 0 Å². The zero-order valence-corrected chi connectivity index (χ0v) is 11.2. The molecule has 2 N–H and O–H groups in total. The highest BCUT2D eigenvalue weighted by Gasteiger charge is 2.19. The van der Waals surface area contributed by atoms with E-state index in [2.05, 4.69) is 12.2 Å². The quantitative estimate of drug-likeness (QED) is 0.799. The minimum absolute atomic E-state index is 0.158. The standard InChI is InChI=1S/C14H23NO2/c1-5-12(15-10-14(2,3)17-4)11-8-6-7-9-13(11)16/h6-9,12,15-16H,5,10H2,1-4H3. The second-order valence-electron chi connectivity index (χ2n) is 4.86. The van der Waals surface area contributed by atoms with Gasteiger partial charge in [-0.05, 0) is 26.3 Å². The van der Waals surface area contributed by atoms with Crippen molar-refractivity contribution in [2.24, 2.45) is 0 Å². The van der Waals surface area contributed by atoms with Crippen molar-refractivity contribution in [3.63, 3.8) is 0 Å². The van der Waals surface area contributed by atoms with E-state index >= 15 is 0 Å². The van der Waals surface area contributed by atoms with Crippen LogP contribution in [0.15, 0.2) is 24.3 Å². The number of para-hydroxylation sites is 1. The molecule has 1 atom stereocenters. The predicted octanol–water partition coefficient (Wildman–Crippen LogP) is 2.86. The van der Waals surface area contributed by atoms with Gasteiger partial charge in [0.05, 0.1) is 5.60 Å². The molecule has 0 radical (unpaired) electrons. The molecule has 0 bridgehead atoms. The molecule has 0 aliphatic rings. The van der Waals surface area contributed by atoms with E-state index in [4.69, 9.17) is 4.74 Å². The van der Waals surface area contributed by atoms with Crippen molar-refractivity contribution in [2.45, 2.75) is 38.8 Å². The molecule has 17 heavy (non-hydrogen) atoms. The van der Waals surface area contributed by atoms with Gasteiger partial charge in [-0.15, -0.1) is 0 Å². The van der Waals surface area contributed by atoms with Gasteiger partial charge in [-0.3, -0.25) is 0 Å². The summed E-state index contributed by atoms with van der Waals surface area (Å²) in [7, 11) is 1.71. The van der Waals surface area contributed by atoms with E-state index < -0.39 is 0 Å². The average Bonchev–Trinajstić information content (AvgIpc) is 2.32. The Bertz CT molecular complexity index is 350.